The second-order valence-electron chi connectivity index (χ2n) is 7.09. The lowest BCUT2D eigenvalue weighted by Gasteiger charge is -2.32. The summed E-state index contributed by atoms with van der Waals surface area (Å²) in [7, 11) is 3.90. The van der Waals surface area contributed by atoms with Gasteiger partial charge in [-0.05, 0) is 31.2 Å². The van der Waals surface area contributed by atoms with Crippen LogP contribution in [0.3, 0.4) is 0 Å². The number of hydrogen-bond donors (Lipinski definition) is 1. The molecule has 2 saturated heterocycles. The Balaban J connectivity index is 1.45. The van der Waals surface area contributed by atoms with Crippen molar-refractivity contribution in [3.05, 3.63) is 40.9 Å². The van der Waals surface area contributed by atoms with Crippen molar-refractivity contribution in [1.82, 2.24) is 14.7 Å². The first kappa shape index (κ1) is 19.7. The van der Waals surface area contributed by atoms with Crippen LogP contribution in [0.4, 0.5) is 5.69 Å². The third-order valence-electron chi connectivity index (χ3n) is 5.15. The van der Waals surface area contributed by atoms with E-state index in [0.717, 1.165) is 44.8 Å². The number of piperazine rings is 1. The van der Waals surface area contributed by atoms with Gasteiger partial charge in [0.25, 0.3) is 0 Å². The molecular formula is C20H27N5OS. The van der Waals surface area contributed by atoms with Crippen LogP contribution in [-0.2, 0) is 11.2 Å². The first-order chi connectivity index (χ1) is 13.1. The number of benzene rings is 1. The van der Waals surface area contributed by atoms with Gasteiger partial charge in [0.05, 0.1) is 11.1 Å². The third kappa shape index (κ3) is 5.25. The predicted octanol–water partition coefficient (Wildman–Crippen LogP) is 1.83. The Bertz CT molecular complexity index is 719. The molecule has 0 aromatic heterocycles. The molecule has 1 unspecified atom stereocenters. The average molecular weight is 386 g/mol. The van der Waals surface area contributed by atoms with Gasteiger partial charge in [-0.2, -0.15) is 5.26 Å². The van der Waals surface area contributed by atoms with E-state index < -0.39 is 0 Å². The molecule has 7 heteroatoms. The molecule has 0 aliphatic carbocycles. The smallest absolute Gasteiger partial charge is 0.242 e. The summed E-state index contributed by atoms with van der Waals surface area (Å²) in [5.41, 5.74) is 2.36. The van der Waals surface area contributed by atoms with Crippen LogP contribution in [0.15, 0.2) is 35.4 Å². The molecule has 2 fully saturated rings. The van der Waals surface area contributed by atoms with Crippen molar-refractivity contribution in [3.8, 4) is 6.07 Å². The van der Waals surface area contributed by atoms with Crippen LogP contribution in [-0.4, -0.2) is 79.2 Å². The van der Waals surface area contributed by atoms with Crippen LogP contribution < -0.4 is 5.32 Å². The standard InChI is InChI=1S/C20H27N5OS/c1-23-11-13-25(14-12-23)10-8-16-3-5-17(6-4-16)22-15-18-20(26)24(2)19(27-18)7-9-21/h3-7,18,22H,8,10-15H2,1-2H3/b19-7+. The Morgan fingerprint density at radius 1 is 1.22 bits per heavy atom. The summed E-state index contributed by atoms with van der Waals surface area (Å²) in [6.07, 6.45) is 2.49. The largest absolute Gasteiger partial charge is 0.383 e. The number of likely N-dealkylation sites (N-methyl/N-ethyl adjacent to an activating group) is 1. The molecule has 2 aliphatic heterocycles. The minimum Gasteiger partial charge on any atom is -0.383 e. The number of allylic oxidation sites excluding steroid dienone is 1. The number of nitrogens with zero attached hydrogens (tertiary/aromatic N) is 4. The van der Waals surface area contributed by atoms with Gasteiger partial charge < -0.3 is 20.0 Å². The maximum Gasteiger partial charge on any atom is 0.242 e. The minimum absolute atomic E-state index is 0.0396. The van der Waals surface area contributed by atoms with Gasteiger partial charge in [0.1, 0.15) is 5.25 Å². The lowest BCUT2D eigenvalue weighted by Crippen LogP contribution is -2.45. The van der Waals surface area contributed by atoms with Crippen molar-refractivity contribution in [2.45, 2.75) is 11.7 Å². The molecule has 0 radical (unpaired) electrons. The van der Waals surface area contributed by atoms with Gasteiger partial charge in [-0.15, -0.1) is 0 Å². The van der Waals surface area contributed by atoms with Gasteiger partial charge in [-0.3, -0.25) is 4.79 Å². The van der Waals surface area contributed by atoms with Gasteiger partial charge in [0.2, 0.25) is 5.91 Å². The quantitative estimate of drug-likeness (QED) is 0.754. The van der Waals surface area contributed by atoms with Crippen LogP contribution in [0.25, 0.3) is 0 Å². The lowest BCUT2D eigenvalue weighted by atomic mass is 10.1. The van der Waals surface area contributed by atoms with Gasteiger partial charge >= 0.3 is 0 Å². The van der Waals surface area contributed by atoms with Crippen LogP contribution >= 0.6 is 11.8 Å². The molecular weight excluding hydrogens is 358 g/mol. The summed E-state index contributed by atoms with van der Waals surface area (Å²) >= 11 is 1.44. The predicted molar refractivity (Wildman–Crippen MR) is 110 cm³/mol. The molecule has 1 aromatic rings. The number of nitriles is 1. The highest BCUT2D eigenvalue weighted by atomic mass is 32.2. The average Bonchev–Trinajstić information content (AvgIpc) is 2.95. The molecule has 3 rings (SSSR count). The van der Waals surface area contributed by atoms with Gasteiger partial charge in [-0.25, -0.2) is 0 Å². The third-order valence-corrected chi connectivity index (χ3v) is 6.43. The summed E-state index contributed by atoms with van der Waals surface area (Å²) in [6.45, 7) is 6.27. The van der Waals surface area contributed by atoms with Crippen molar-refractivity contribution < 1.29 is 4.79 Å². The molecule has 1 aromatic carbocycles. The number of carbonyl (C=O) groups is 1. The number of hydrogen-bond acceptors (Lipinski definition) is 6. The fraction of sp³-hybridized carbons (Fsp3) is 0.500. The summed E-state index contributed by atoms with van der Waals surface area (Å²) in [6, 6.07) is 10.5. The number of anilines is 1. The fourth-order valence-electron chi connectivity index (χ4n) is 3.27. The van der Waals surface area contributed by atoms with E-state index in [2.05, 4.69) is 46.4 Å². The minimum atomic E-state index is -0.188. The fourth-order valence-corrected chi connectivity index (χ4v) is 4.36. The van der Waals surface area contributed by atoms with E-state index in [9.17, 15) is 4.79 Å². The summed E-state index contributed by atoms with van der Waals surface area (Å²) < 4.78 is 0. The number of amides is 1. The second-order valence-corrected chi connectivity index (χ2v) is 8.31. The van der Waals surface area contributed by atoms with Gasteiger partial charge in [0, 0.05) is 58.1 Å². The number of carbonyl (C=O) groups excluding carboxylic acids is 1. The van der Waals surface area contributed by atoms with Gasteiger partial charge in [-0.1, -0.05) is 23.9 Å². The topological polar surface area (TPSA) is 62.6 Å². The second kappa shape index (κ2) is 9.27. The Morgan fingerprint density at radius 2 is 1.93 bits per heavy atom. The zero-order chi connectivity index (χ0) is 19.2. The van der Waals surface area contributed by atoms with E-state index in [1.165, 1.54) is 23.4 Å². The number of nitrogens with one attached hydrogen (secondary N) is 1. The zero-order valence-corrected chi connectivity index (χ0v) is 16.8. The SMILES string of the molecule is CN1CCN(CCc2ccc(NCC3S/C(=C/C#N)N(C)C3=O)cc2)CC1. The molecule has 27 heavy (non-hydrogen) atoms. The van der Waals surface area contributed by atoms with E-state index in [0.29, 0.717) is 11.6 Å². The van der Waals surface area contributed by atoms with E-state index >= 15 is 0 Å². The first-order valence-electron chi connectivity index (χ1n) is 9.34. The van der Waals surface area contributed by atoms with Crippen LogP contribution in [0.1, 0.15) is 5.56 Å². The van der Waals surface area contributed by atoms with Crippen LogP contribution in [0.5, 0.6) is 0 Å². The van der Waals surface area contributed by atoms with E-state index in [-0.39, 0.29) is 11.2 Å². The highest BCUT2D eigenvalue weighted by Gasteiger charge is 2.33. The van der Waals surface area contributed by atoms with Crippen molar-refractivity contribution in [3.63, 3.8) is 0 Å². The van der Waals surface area contributed by atoms with Crippen LogP contribution in [0.2, 0.25) is 0 Å². The number of rotatable bonds is 6. The monoisotopic (exact) mass is 385 g/mol. The normalized spacial score (nSPS) is 23.0. The molecule has 1 N–H and O–H groups in total. The van der Waals surface area contributed by atoms with E-state index in [1.54, 1.807) is 11.9 Å². The molecule has 1 amide bonds. The van der Waals surface area contributed by atoms with Crippen LogP contribution in [0, 0.1) is 11.3 Å². The van der Waals surface area contributed by atoms with E-state index in [4.69, 9.17) is 5.26 Å². The van der Waals surface area contributed by atoms with Crippen molar-refractivity contribution >= 4 is 23.4 Å². The maximum atomic E-state index is 12.2. The molecule has 0 spiro atoms. The number of thioether (sulfide) groups is 1. The van der Waals surface area contributed by atoms with Gasteiger partial charge in [0.15, 0.2) is 0 Å². The van der Waals surface area contributed by atoms with Crippen molar-refractivity contribution in [2.24, 2.45) is 0 Å². The highest BCUT2D eigenvalue weighted by Crippen LogP contribution is 2.33. The molecule has 2 aliphatic rings. The molecule has 0 saturated carbocycles. The summed E-state index contributed by atoms with van der Waals surface area (Å²) in [4.78, 5) is 18.7. The Morgan fingerprint density at radius 3 is 2.59 bits per heavy atom. The van der Waals surface area contributed by atoms with E-state index in [1.807, 2.05) is 6.07 Å². The zero-order valence-electron chi connectivity index (χ0n) is 16.0. The molecule has 0 bridgehead atoms. The Kier molecular flexibility index (Phi) is 6.78. The van der Waals surface area contributed by atoms with Crippen molar-refractivity contribution in [1.29, 1.82) is 5.26 Å². The summed E-state index contributed by atoms with van der Waals surface area (Å²) in [5, 5.41) is 12.7. The maximum absolute atomic E-state index is 12.2. The Hall–Kier alpha value is -2.01. The lowest BCUT2D eigenvalue weighted by molar-refractivity contribution is -0.126. The summed E-state index contributed by atoms with van der Waals surface area (Å²) in [5.74, 6) is 0.0396. The molecule has 144 valence electrons. The first-order valence-corrected chi connectivity index (χ1v) is 10.2. The molecule has 2 heterocycles. The van der Waals surface area contributed by atoms with Crippen molar-refractivity contribution in [2.75, 3.05) is 58.7 Å². The molecule has 1 atom stereocenters. The highest BCUT2D eigenvalue weighted by molar-refractivity contribution is 8.04. The Labute approximate surface area is 165 Å². The molecule has 6 nitrogen and oxygen atoms in total.